The first-order valence-corrected chi connectivity index (χ1v) is 7.41. The molecule has 0 radical (unpaired) electrons. The fourth-order valence-corrected chi connectivity index (χ4v) is 3.90. The van der Waals surface area contributed by atoms with Gasteiger partial charge in [0.1, 0.15) is 4.88 Å². The number of anilines is 1. The van der Waals surface area contributed by atoms with Crippen LogP contribution in [0.15, 0.2) is 24.3 Å². The number of hydrogen-bond acceptors (Lipinski definition) is 3. The van der Waals surface area contributed by atoms with Gasteiger partial charge in [-0.1, -0.05) is 18.2 Å². The van der Waals surface area contributed by atoms with Crippen molar-refractivity contribution in [3.8, 4) is 0 Å². The van der Waals surface area contributed by atoms with E-state index in [0.717, 1.165) is 29.5 Å². The van der Waals surface area contributed by atoms with Crippen molar-refractivity contribution < 1.29 is 4.79 Å². The average molecular weight is 274 g/mol. The number of nitrogens with zero attached hydrogens (tertiary/aromatic N) is 1. The normalized spacial score (nSPS) is 18.1. The predicted molar refractivity (Wildman–Crippen MR) is 80.6 cm³/mol. The van der Waals surface area contributed by atoms with Gasteiger partial charge in [0, 0.05) is 22.2 Å². The Morgan fingerprint density at radius 2 is 2.11 bits per heavy atom. The van der Waals surface area contributed by atoms with E-state index in [0.29, 0.717) is 10.6 Å². The summed E-state index contributed by atoms with van der Waals surface area (Å²) in [6.07, 6.45) is 2.13. The number of thiophene rings is 1. The molecule has 0 atom stereocenters. The number of rotatable bonds is 1. The van der Waals surface area contributed by atoms with Crippen LogP contribution in [0, 0.1) is 0 Å². The van der Waals surface area contributed by atoms with Crippen LogP contribution in [0.5, 0.6) is 0 Å². The zero-order valence-electron chi connectivity index (χ0n) is 11.3. The number of benzene rings is 1. The molecule has 0 saturated carbocycles. The molecule has 0 spiro atoms. The zero-order chi connectivity index (χ0) is 13.6. The number of carbonyl (C=O) groups excluding carboxylic acids is 1. The lowest BCUT2D eigenvalue weighted by Crippen LogP contribution is -2.42. The molecular formula is C15H18N2OS. The quantitative estimate of drug-likeness (QED) is 0.865. The van der Waals surface area contributed by atoms with Crippen molar-refractivity contribution in [2.45, 2.75) is 32.2 Å². The molecule has 2 heterocycles. The highest BCUT2D eigenvalue weighted by atomic mass is 32.1. The summed E-state index contributed by atoms with van der Waals surface area (Å²) in [5.41, 5.74) is 6.74. The van der Waals surface area contributed by atoms with E-state index in [1.165, 1.54) is 11.3 Å². The third-order valence-corrected chi connectivity index (χ3v) is 5.15. The Bertz CT molecular complexity index is 645. The van der Waals surface area contributed by atoms with Crippen molar-refractivity contribution in [3.63, 3.8) is 0 Å². The molecule has 3 rings (SSSR count). The Labute approximate surface area is 117 Å². The first-order chi connectivity index (χ1) is 9.00. The largest absolute Gasteiger partial charge is 0.397 e. The number of hydrogen-bond donors (Lipinski definition) is 1. The van der Waals surface area contributed by atoms with Gasteiger partial charge in [-0.3, -0.25) is 4.79 Å². The number of nitrogen functional groups attached to an aromatic ring is 1. The topological polar surface area (TPSA) is 46.3 Å². The van der Waals surface area contributed by atoms with Crippen LogP contribution in [-0.2, 0) is 0 Å². The molecule has 2 aromatic rings. The average Bonchev–Trinajstić information content (AvgIpc) is 2.90. The number of fused-ring (bicyclic) bond motifs is 1. The van der Waals surface area contributed by atoms with Crippen molar-refractivity contribution in [3.05, 3.63) is 29.1 Å². The second kappa shape index (κ2) is 4.23. The predicted octanol–water partition coefficient (Wildman–Crippen LogP) is 3.50. The van der Waals surface area contributed by atoms with Crippen LogP contribution in [0.4, 0.5) is 5.69 Å². The maximum atomic E-state index is 12.7. The minimum atomic E-state index is -0.0559. The minimum Gasteiger partial charge on any atom is -0.397 e. The van der Waals surface area contributed by atoms with Gasteiger partial charge in [0.15, 0.2) is 0 Å². The molecule has 2 N–H and O–H groups in total. The molecule has 100 valence electrons. The zero-order valence-corrected chi connectivity index (χ0v) is 12.1. The Balaban J connectivity index is 2.05. The summed E-state index contributed by atoms with van der Waals surface area (Å²) in [4.78, 5) is 15.4. The molecule has 1 aromatic heterocycles. The van der Waals surface area contributed by atoms with Crippen molar-refractivity contribution in [2.75, 3.05) is 12.3 Å². The summed E-state index contributed by atoms with van der Waals surface area (Å²) in [6.45, 7) is 5.09. The van der Waals surface area contributed by atoms with Gasteiger partial charge in [-0.15, -0.1) is 11.3 Å². The maximum absolute atomic E-state index is 12.7. The van der Waals surface area contributed by atoms with Crippen LogP contribution in [0.25, 0.3) is 10.1 Å². The Morgan fingerprint density at radius 3 is 2.74 bits per heavy atom. The Morgan fingerprint density at radius 1 is 1.37 bits per heavy atom. The summed E-state index contributed by atoms with van der Waals surface area (Å²) in [7, 11) is 0. The van der Waals surface area contributed by atoms with E-state index in [2.05, 4.69) is 13.8 Å². The van der Waals surface area contributed by atoms with Crippen LogP contribution < -0.4 is 5.73 Å². The van der Waals surface area contributed by atoms with Gasteiger partial charge in [0.2, 0.25) is 0 Å². The van der Waals surface area contributed by atoms with Crippen LogP contribution in [-0.4, -0.2) is 22.9 Å². The van der Waals surface area contributed by atoms with E-state index >= 15 is 0 Å². The summed E-state index contributed by atoms with van der Waals surface area (Å²) < 4.78 is 1.08. The van der Waals surface area contributed by atoms with Crippen LogP contribution in [0.1, 0.15) is 36.4 Å². The number of likely N-dealkylation sites (tertiary alicyclic amines) is 1. The van der Waals surface area contributed by atoms with E-state index in [4.69, 9.17) is 5.73 Å². The molecule has 4 heteroatoms. The molecule has 3 nitrogen and oxygen atoms in total. The van der Waals surface area contributed by atoms with E-state index < -0.39 is 0 Å². The molecule has 1 fully saturated rings. The monoisotopic (exact) mass is 274 g/mol. The van der Waals surface area contributed by atoms with E-state index in [-0.39, 0.29) is 11.4 Å². The van der Waals surface area contributed by atoms with Crippen LogP contribution in [0.2, 0.25) is 0 Å². The highest BCUT2D eigenvalue weighted by Gasteiger charge is 2.37. The van der Waals surface area contributed by atoms with Gasteiger partial charge in [-0.05, 0) is 32.8 Å². The third kappa shape index (κ3) is 1.91. The summed E-state index contributed by atoms with van der Waals surface area (Å²) in [5.74, 6) is 0.0844. The van der Waals surface area contributed by atoms with Gasteiger partial charge in [-0.2, -0.15) is 0 Å². The van der Waals surface area contributed by atoms with E-state index in [1.807, 2.05) is 29.2 Å². The molecule has 1 aliphatic rings. The molecule has 0 unspecified atom stereocenters. The molecule has 0 bridgehead atoms. The Kier molecular flexibility index (Phi) is 2.78. The molecule has 1 amide bonds. The highest BCUT2D eigenvalue weighted by Crippen LogP contribution is 2.37. The minimum absolute atomic E-state index is 0.0559. The molecule has 1 saturated heterocycles. The second-order valence-corrected chi connectivity index (χ2v) is 6.77. The summed E-state index contributed by atoms with van der Waals surface area (Å²) in [6, 6.07) is 7.93. The van der Waals surface area contributed by atoms with Gasteiger partial charge < -0.3 is 10.6 Å². The summed E-state index contributed by atoms with van der Waals surface area (Å²) >= 11 is 1.50. The second-order valence-electron chi connectivity index (χ2n) is 5.71. The molecular weight excluding hydrogens is 256 g/mol. The lowest BCUT2D eigenvalue weighted by atomic mass is 10.0. The van der Waals surface area contributed by atoms with Crippen molar-refractivity contribution in [1.29, 1.82) is 0 Å². The lowest BCUT2D eigenvalue weighted by molar-refractivity contribution is 0.0658. The fraction of sp³-hybridized carbons (Fsp3) is 0.400. The molecule has 1 aliphatic heterocycles. The lowest BCUT2D eigenvalue weighted by Gasteiger charge is -2.31. The fourth-order valence-electron chi connectivity index (χ4n) is 2.83. The van der Waals surface area contributed by atoms with Crippen LogP contribution in [0.3, 0.4) is 0 Å². The van der Waals surface area contributed by atoms with Gasteiger partial charge in [-0.25, -0.2) is 0 Å². The molecule has 0 aliphatic carbocycles. The SMILES string of the molecule is CC1(C)CCCN1C(=O)c1sc2ccccc2c1N. The highest BCUT2D eigenvalue weighted by molar-refractivity contribution is 7.21. The number of amides is 1. The van der Waals surface area contributed by atoms with E-state index in [9.17, 15) is 4.79 Å². The van der Waals surface area contributed by atoms with Crippen molar-refractivity contribution >= 4 is 33.0 Å². The van der Waals surface area contributed by atoms with Crippen molar-refractivity contribution in [1.82, 2.24) is 4.90 Å². The van der Waals surface area contributed by atoms with Gasteiger partial charge in [0.25, 0.3) is 5.91 Å². The number of carbonyl (C=O) groups is 1. The summed E-state index contributed by atoms with van der Waals surface area (Å²) in [5, 5.41) is 0.993. The third-order valence-electron chi connectivity index (χ3n) is 3.97. The first-order valence-electron chi connectivity index (χ1n) is 6.60. The van der Waals surface area contributed by atoms with Crippen LogP contribution >= 0.6 is 11.3 Å². The first kappa shape index (κ1) is 12.5. The van der Waals surface area contributed by atoms with Gasteiger partial charge in [0.05, 0.1) is 5.69 Å². The Hall–Kier alpha value is -1.55. The molecule has 19 heavy (non-hydrogen) atoms. The van der Waals surface area contributed by atoms with Gasteiger partial charge >= 0.3 is 0 Å². The van der Waals surface area contributed by atoms with E-state index in [1.54, 1.807) is 0 Å². The smallest absolute Gasteiger partial charge is 0.266 e. The maximum Gasteiger partial charge on any atom is 0.266 e. The molecule has 1 aromatic carbocycles. The standard InChI is InChI=1S/C15H18N2OS/c1-15(2)8-5-9-17(15)14(18)13-12(16)10-6-3-4-7-11(10)19-13/h3-4,6-7H,5,8-9,16H2,1-2H3. The van der Waals surface area contributed by atoms with Crippen molar-refractivity contribution in [2.24, 2.45) is 0 Å². The number of nitrogens with two attached hydrogens (primary N) is 1.